The van der Waals surface area contributed by atoms with Crippen molar-refractivity contribution >= 4 is 0 Å². The fourth-order valence-electron chi connectivity index (χ4n) is 1.33. The van der Waals surface area contributed by atoms with E-state index in [9.17, 15) is 0 Å². The minimum atomic E-state index is -0.280. The molecule has 9 heavy (non-hydrogen) atoms. The molecule has 2 unspecified atom stereocenters. The van der Waals surface area contributed by atoms with Crippen LogP contribution in [-0.2, 0) is 0 Å². The monoisotopic (exact) mass is 130 g/mol. The lowest BCUT2D eigenvalue weighted by atomic mass is 10.1. The van der Waals surface area contributed by atoms with Gasteiger partial charge in [-0.2, -0.15) is 0 Å². The van der Waals surface area contributed by atoms with Gasteiger partial charge in [-0.05, 0) is 19.8 Å². The average Bonchev–Trinajstić information content (AvgIpc) is 2.13. The zero-order valence-corrected chi connectivity index (χ0v) is 5.75. The van der Waals surface area contributed by atoms with Crippen LogP contribution in [0.25, 0.3) is 0 Å². The lowest BCUT2D eigenvalue weighted by molar-refractivity contribution is 0.0871. The molecule has 0 amide bonds. The molecule has 0 spiro atoms. The molecular formula is C6H14N2O. The summed E-state index contributed by atoms with van der Waals surface area (Å²) in [6.45, 7) is 2.71. The third-order valence-corrected chi connectivity index (χ3v) is 1.90. The summed E-state index contributed by atoms with van der Waals surface area (Å²) in [6.07, 6.45) is 1.87. The van der Waals surface area contributed by atoms with Crippen molar-refractivity contribution in [2.24, 2.45) is 5.84 Å². The van der Waals surface area contributed by atoms with Crippen LogP contribution in [0.15, 0.2) is 0 Å². The first-order chi connectivity index (χ1) is 4.22. The molecule has 2 atom stereocenters. The first-order valence-electron chi connectivity index (χ1n) is 3.41. The molecule has 3 N–H and O–H groups in total. The molecule has 1 saturated heterocycles. The van der Waals surface area contributed by atoms with Gasteiger partial charge in [0.1, 0.15) is 0 Å². The van der Waals surface area contributed by atoms with Gasteiger partial charge in [0.2, 0.25) is 0 Å². The third kappa shape index (κ3) is 1.41. The lowest BCUT2D eigenvalue weighted by Gasteiger charge is -2.20. The van der Waals surface area contributed by atoms with Crippen molar-refractivity contribution in [3.8, 4) is 0 Å². The standard InChI is InChI=1S/C6H14N2O/c1-5(9)6-3-2-4-8(6)7/h5-6,9H,2-4,7H2,1H3. The third-order valence-electron chi connectivity index (χ3n) is 1.90. The lowest BCUT2D eigenvalue weighted by Crippen LogP contribution is -2.42. The smallest absolute Gasteiger partial charge is 0.0681 e. The maximum Gasteiger partial charge on any atom is 0.0681 e. The highest BCUT2D eigenvalue weighted by Gasteiger charge is 2.25. The van der Waals surface area contributed by atoms with Gasteiger partial charge in [0.15, 0.2) is 0 Å². The van der Waals surface area contributed by atoms with Crippen molar-refractivity contribution in [1.29, 1.82) is 0 Å². The van der Waals surface area contributed by atoms with Crippen LogP contribution in [-0.4, -0.2) is 28.8 Å². The largest absolute Gasteiger partial charge is 0.392 e. The molecule has 54 valence electrons. The molecule has 0 saturated carbocycles. The van der Waals surface area contributed by atoms with E-state index in [0.717, 1.165) is 19.4 Å². The topological polar surface area (TPSA) is 49.5 Å². The summed E-state index contributed by atoms with van der Waals surface area (Å²) in [4.78, 5) is 0. The van der Waals surface area contributed by atoms with Gasteiger partial charge in [0.05, 0.1) is 6.10 Å². The second kappa shape index (κ2) is 2.64. The van der Waals surface area contributed by atoms with Crippen molar-refractivity contribution in [3.63, 3.8) is 0 Å². The van der Waals surface area contributed by atoms with Gasteiger partial charge in [-0.1, -0.05) is 0 Å². The number of nitrogens with two attached hydrogens (primary N) is 1. The fraction of sp³-hybridized carbons (Fsp3) is 1.00. The number of aliphatic hydroxyl groups excluding tert-OH is 1. The summed E-state index contributed by atoms with van der Waals surface area (Å²) in [5.74, 6) is 5.55. The van der Waals surface area contributed by atoms with Gasteiger partial charge in [0, 0.05) is 12.6 Å². The van der Waals surface area contributed by atoms with Gasteiger partial charge in [-0.25, -0.2) is 5.01 Å². The molecule has 3 heteroatoms. The number of aliphatic hydroxyl groups is 1. The Balaban J connectivity index is 2.40. The summed E-state index contributed by atoms with van der Waals surface area (Å²) in [5.41, 5.74) is 0. The molecule has 0 bridgehead atoms. The van der Waals surface area contributed by atoms with Crippen molar-refractivity contribution in [2.45, 2.75) is 31.9 Å². The van der Waals surface area contributed by atoms with E-state index in [1.807, 2.05) is 0 Å². The van der Waals surface area contributed by atoms with E-state index in [4.69, 9.17) is 10.9 Å². The summed E-state index contributed by atoms with van der Waals surface area (Å²) < 4.78 is 0. The van der Waals surface area contributed by atoms with E-state index in [2.05, 4.69) is 0 Å². The fourth-order valence-corrected chi connectivity index (χ4v) is 1.33. The minimum absolute atomic E-state index is 0.199. The van der Waals surface area contributed by atoms with E-state index in [0.29, 0.717) is 0 Å². The van der Waals surface area contributed by atoms with Crippen LogP contribution in [0.1, 0.15) is 19.8 Å². The summed E-state index contributed by atoms with van der Waals surface area (Å²) in [7, 11) is 0. The highest BCUT2D eigenvalue weighted by molar-refractivity contribution is 4.78. The van der Waals surface area contributed by atoms with Crippen molar-refractivity contribution < 1.29 is 5.11 Å². The summed E-state index contributed by atoms with van der Waals surface area (Å²) >= 11 is 0. The predicted molar refractivity (Wildman–Crippen MR) is 35.6 cm³/mol. The molecule has 1 aliphatic heterocycles. The number of hydrogen-bond acceptors (Lipinski definition) is 3. The minimum Gasteiger partial charge on any atom is -0.392 e. The first-order valence-corrected chi connectivity index (χ1v) is 3.41. The highest BCUT2D eigenvalue weighted by Crippen LogP contribution is 2.15. The van der Waals surface area contributed by atoms with Crippen LogP contribution in [0.5, 0.6) is 0 Å². The molecule has 1 aliphatic rings. The number of nitrogens with zero attached hydrogens (tertiary/aromatic N) is 1. The Morgan fingerprint density at radius 3 is 2.67 bits per heavy atom. The Bertz CT molecular complexity index is 95.1. The summed E-state index contributed by atoms with van der Waals surface area (Å²) in [6, 6.07) is 0.199. The first kappa shape index (κ1) is 6.99. The molecule has 0 aromatic rings. The maximum atomic E-state index is 9.10. The molecule has 1 fully saturated rings. The SMILES string of the molecule is CC(O)C1CCCN1N. The molecule has 0 radical (unpaired) electrons. The van der Waals surface area contributed by atoms with Crippen LogP contribution in [0.2, 0.25) is 0 Å². The van der Waals surface area contributed by atoms with E-state index in [1.165, 1.54) is 0 Å². The molecular weight excluding hydrogens is 116 g/mol. The molecule has 0 aromatic heterocycles. The predicted octanol–water partition coefficient (Wildman–Crippen LogP) is -0.295. The average molecular weight is 130 g/mol. The number of hydrazine groups is 1. The van der Waals surface area contributed by atoms with Crippen LogP contribution in [0.3, 0.4) is 0 Å². The second-order valence-electron chi connectivity index (χ2n) is 2.69. The number of hydrogen-bond donors (Lipinski definition) is 2. The van der Waals surface area contributed by atoms with E-state index < -0.39 is 0 Å². The Morgan fingerprint density at radius 1 is 1.78 bits per heavy atom. The zero-order valence-electron chi connectivity index (χ0n) is 5.75. The number of rotatable bonds is 1. The highest BCUT2D eigenvalue weighted by atomic mass is 16.3. The van der Waals surface area contributed by atoms with Gasteiger partial charge in [-0.3, -0.25) is 5.84 Å². The van der Waals surface area contributed by atoms with E-state index >= 15 is 0 Å². The maximum absolute atomic E-state index is 9.10. The van der Waals surface area contributed by atoms with Crippen LogP contribution in [0.4, 0.5) is 0 Å². The Labute approximate surface area is 55.4 Å². The van der Waals surface area contributed by atoms with Gasteiger partial charge < -0.3 is 5.11 Å². The Hall–Kier alpha value is -0.120. The molecule has 0 aromatic carbocycles. The molecule has 1 heterocycles. The van der Waals surface area contributed by atoms with E-state index in [-0.39, 0.29) is 12.1 Å². The van der Waals surface area contributed by atoms with E-state index in [1.54, 1.807) is 11.9 Å². The van der Waals surface area contributed by atoms with Gasteiger partial charge in [-0.15, -0.1) is 0 Å². The van der Waals surface area contributed by atoms with Crippen LogP contribution < -0.4 is 5.84 Å². The van der Waals surface area contributed by atoms with Gasteiger partial charge in [0.25, 0.3) is 0 Å². The van der Waals surface area contributed by atoms with Crippen molar-refractivity contribution in [2.75, 3.05) is 6.54 Å². The molecule has 1 rings (SSSR count). The Kier molecular flexibility index (Phi) is 2.05. The second-order valence-corrected chi connectivity index (χ2v) is 2.69. The van der Waals surface area contributed by atoms with Crippen molar-refractivity contribution in [1.82, 2.24) is 5.01 Å². The zero-order chi connectivity index (χ0) is 6.85. The van der Waals surface area contributed by atoms with Crippen LogP contribution in [0, 0.1) is 0 Å². The van der Waals surface area contributed by atoms with Crippen LogP contribution >= 0.6 is 0 Å². The molecule has 3 nitrogen and oxygen atoms in total. The van der Waals surface area contributed by atoms with Crippen molar-refractivity contribution in [3.05, 3.63) is 0 Å². The summed E-state index contributed by atoms with van der Waals surface area (Å²) in [5, 5.41) is 10.8. The quantitative estimate of drug-likeness (QED) is 0.479. The molecule has 0 aliphatic carbocycles. The van der Waals surface area contributed by atoms with Gasteiger partial charge >= 0.3 is 0 Å². The Morgan fingerprint density at radius 2 is 2.44 bits per heavy atom. The normalized spacial score (nSPS) is 33.0.